The maximum Gasteiger partial charge on any atom is 0.261 e. The lowest BCUT2D eigenvalue weighted by atomic mass is 10.2. The molecule has 0 aromatic heterocycles. The molecule has 0 aliphatic carbocycles. The second kappa shape index (κ2) is 8.08. The van der Waals surface area contributed by atoms with Crippen LogP contribution in [0.3, 0.4) is 0 Å². The molecule has 0 heterocycles. The van der Waals surface area contributed by atoms with E-state index >= 15 is 0 Å². The number of amides is 1. The van der Waals surface area contributed by atoms with Crippen molar-refractivity contribution >= 4 is 5.91 Å². The molecule has 5 nitrogen and oxygen atoms in total. The third-order valence-corrected chi connectivity index (χ3v) is 3.34. The van der Waals surface area contributed by atoms with Gasteiger partial charge < -0.3 is 19.5 Å². The quantitative estimate of drug-likeness (QED) is 0.853. The van der Waals surface area contributed by atoms with Crippen LogP contribution in [0.5, 0.6) is 17.2 Å². The second-order valence-corrected chi connectivity index (χ2v) is 4.98. The van der Waals surface area contributed by atoms with Gasteiger partial charge >= 0.3 is 0 Å². The van der Waals surface area contributed by atoms with Gasteiger partial charge in [-0.25, -0.2) is 0 Å². The van der Waals surface area contributed by atoms with E-state index in [4.69, 9.17) is 14.2 Å². The number of carbonyl (C=O) groups excluding carboxylic acids is 1. The minimum absolute atomic E-state index is 0.196. The van der Waals surface area contributed by atoms with E-state index in [1.54, 1.807) is 33.3 Å². The van der Waals surface area contributed by atoms with Gasteiger partial charge in [-0.15, -0.1) is 0 Å². The van der Waals surface area contributed by atoms with Crippen molar-refractivity contribution in [3.63, 3.8) is 0 Å². The monoisotopic (exact) mass is 315 g/mol. The van der Waals surface area contributed by atoms with Gasteiger partial charge in [0.1, 0.15) is 5.75 Å². The van der Waals surface area contributed by atoms with E-state index in [9.17, 15) is 4.79 Å². The standard InChI is InChI=1S/C18H21NO4/c1-13(23-17-10-5-4-9-16(17)22-3)18(20)19-12-14-7-6-8-15(11-14)21-2/h4-11,13H,12H2,1-3H3,(H,19,20). The molecule has 0 aliphatic rings. The van der Waals surface area contributed by atoms with Gasteiger partial charge in [0.05, 0.1) is 14.2 Å². The Morgan fingerprint density at radius 2 is 1.78 bits per heavy atom. The molecule has 122 valence electrons. The van der Waals surface area contributed by atoms with E-state index in [-0.39, 0.29) is 5.91 Å². The Morgan fingerprint density at radius 1 is 1.04 bits per heavy atom. The third kappa shape index (κ3) is 4.64. The molecule has 0 aliphatic heterocycles. The zero-order valence-electron chi connectivity index (χ0n) is 13.5. The zero-order valence-corrected chi connectivity index (χ0v) is 13.5. The average molecular weight is 315 g/mol. The Kier molecular flexibility index (Phi) is 5.86. The lowest BCUT2D eigenvalue weighted by Gasteiger charge is -2.16. The lowest BCUT2D eigenvalue weighted by Crippen LogP contribution is -2.35. The predicted octanol–water partition coefficient (Wildman–Crippen LogP) is 2.79. The van der Waals surface area contributed by atoms with E-state index < -0.39 is 6.10 Å². The number of hydrogen-bond acceptors (Lipinski definition) is 4. The fraction of sp³-hybridized carbons (Fsp3) is 0.278. The number of carbonyl (C=O) groups is 1. The van der Waals surface area contributed by atoms with Crippen molar-refractivity contribution in [2.45, 2.75) is 19.6 Å². The van der Waals surface area contributed by atoms with Gasteiger partial charge in [0, 0.05) is 6.54 Å². The molecular weight excluding hydrogens is 294 g/mol. The summed E-state index contributed by atoms with van der Waals surface area (Å²) in [6.07, 6.45) is -0.628. The molecule has 0 saturated heterocycles. The SMILES string of the molecule is COc1cccc(CNC(=O)C(C)Oc2ccccc2OC)c1. The highest BCUT2D eigenvalue weighted by Crippen LogP contribution is 2.26. The fourth-order valence-electron chi connectivity index (χ4n) is 2.08. The Balaban J connectivity index is 1.92. The van der Waals surface area contributed by atoms with Gasteiger partial charge in [0.15, 0.2) is 17.6 Å². The smallest absolute Gasteiger partial charge is 0.261 e. The third-order valence-electron chi connectivity index (χ3n) is 3.34. The Bertz CT molecular complexity index is 657. The van der Waals surface area contributed by atoms with Gasteiger partial charge in [0.2, 0.25) is 0 Å². The Morgan fingerprint density at radius 3 is 2.48 bits per heavy atom. The predicted molar refractivity (Wildman–Crippen MR) is 87.9 cm³/mol. The number of hydrogen-bond donors (Lipinski definition) is 1. The number of benzene rings is 2. The van der Waals surface area contributed by atoms with Crippen LogP contribution in [0.15, 0.2) is 48.5 Å². The molecule has 2 aromatic carbocycles. The van der Waals surface area contributed by atoms with Crippen molar-refractivity contribution in [1.29, 1.82) is 0 Å². The normalized spacial score (nSPS) is 11.4. The van der Waals surface area contributed by atoms with Gasteiger partial charge in [-0.2, -0.15) is 0 Å². The van der Waals surface area contributed by atoms with Crippen molar-refractivity contribution < 1.29 is 19.0 Å². The van der Waals surface area contributed by atoms with Crippen LogP contribution < -0.4 is 19.5 Å². The average Bonchev–Trinajstić information content (AvgIpc) is 2.60. The first-order valence-corrected chi connectivity index (χ1v) is 7.34. The van der Waals surface area contributed by atoms with E-state index in [1.807, 2.05) is 36.4 Å². The molecule has 5 heteroatoms. The lowest BCUT2D eigenvalue weighted by molar-refractivity contribution is -0.127. The molecular formula is C18H21NO4. The van der Waals surface area contributed by atoms with Crippen LogP contribution in [0.4, 0.5) is 0 Å². The summed E-state index contributed by atoms with van der Waals surface area (Å²) in [4.78, 5) is 12.2. The van der Waals surface area contributed by atoms with E-state index in [2.05, 4.69) is 5.32 Å². The summed E-state index contributed by atoms with van der Waals surface area (Å²) in [5, 5.41) is 2.85. The fourth-order valence-corrected chi connectivity index (χ4v) is 2.08. The van der Waals surface area contributed by atoms with Crippen LogP contribution in [0.1, 0.15) is 12.5 Å². The van der Waals surface area contributed by atoms with Crippen LogP contribution in [0, 0.1) is 0 Å². The minimum Gasteiger partial charge on any atom is -0.497 e. The van der Waals surface area contributed by atoms with Crippen LogP contribution in [0.2, 0.25) is 0 Å². The molecule has 0 fully saturated rings. The first kappa shape index (κ1) is 16.7. The van der Waals surface area contributed by atoms with Gasteiger partial charge in [0.25, 0.3) is 5.91 Å². The highest BCUT2D eigenvalue weighted by molar-refractivity contribution is 5.80. The van der Waals surface area contributed by atoms with Crippen molar-refractivity contribution in [3.05, 3.63) is 54.1 Å². The van der Waals surface area contributed by atoms with Gasteiger partial charge in [-0.3, -0.25) is 4.79 Å². The van der Waals surface area contributed by atoms with Crippen molar-refractivity contribution in [2.24, 2.45) is 0 Å². The summed E-state index contributed by atoms with van der Waals surface area (Å²) in [7, 11) is 3.18. The minimum atomic E-state index is -0.628. The topological polar surface area (TPSA) is 56.8 Å². The first-order valence-electron chi connectivity index (χ1n) is 7.34. The van der Waals surface area contributed by atoms with E-state index in [0.717, 1.165) is 11.3 Å². The van der Waals surface area contributed by atoms with Crippen LogP contribution in [-0.4, -0.2) is 26.2 Å². The summed E-state index contributed by atoms with van der Waals surface area (Å²) in [6, 6.07) is 14.8. The Hall–Kier alpha value is -2.69. The molecule has 23 heavy (non-hydrogen) atoms. The maximum atomic E-state index is 12.2. The maximum absolute atomic E-state index is 12.2. The van der Waals surface area contributed by atoms with Gasteiger partial charge in [-0.05, 0) is 36.8 Å². The molecule has 0 saturated carbocycles. The molecule has 2 rings (SSSR count). The highest BCUT2D eigenvalue weighted by atomic mass is 16.5. The van der Waals surface area contributed by atoms with Crippen LogP contribution >= 0.6 is 0 Å². The summed E-state index contributed by atoms with van der Waals surface area (Å²) in [5.41, 5.74) is 0.960. The largest absolute Gasteiger partial charge is 0.497 e. The summed E-state index contributed by atoms with van der Waals surface area (Å²) < 4.78 is 16.0. The second-order valence-electron chi connectivity index (χ2n) is 4.98. The van der Waals surface area contributed by atoms with Gasteiger partial charge in [-0.1, -0.05) is 24.3 Å². The summed E-state index contributed by atoms with van der Waals surface area (Å²) in [5.74, 6) is 1.70. The molecule has 1 amide bonds. The molecule has 1 N–H and O–H groups in total. The summed E-state index contributed by atoms with van der Waals surface area (Å²) in [6.45, 7) is 2.11. The molecule has 2 aromatic rings. The Labute approximate surface area is 136 Å². The highest BCUT2D eigenvalue weighted by Gasteiger charge is 2.16. The number of methoxy groups -OCH3 is 2. The molecule has 0 spiro atoms. The van der Waals surface area contributed by atoms with Crippen LogP contribution in [0.25, 0.3) is 0 Å². The van der Waals surface area contributed by atoms with Crippen molar-refractivity contribution in [1.82, 2.24) is 5.32 Å². The first-order chi connectivity index (χ1) is 11.1. The number of nitrogens with one attached hydrogen (secondary N) is 1. The van der Waals surface area contributed by atoms with E-state index in [0.29, 0.717) is 18.0 Å². The van der Waals surface area contributed by atoms with Crippen molar-refractivity contribution in [3.8, 4) is 17.2 Å². The summed E-state index contributed by atoms with van der Waals surface area (Å²) >= 11 is 0. The van der Waals surface area contributed by atoms with Crippen molar-refractivity contribution in [2.75, 3.05) is 14.2 Å². The number of para-hydroxylation sites is 2. The number of ether oxygens (including phenoxy) is 3. The van der Waals surface area contributed by atoms with E-state index in [1.165, 1.54) is 0 Å². The molecule has 1 unspecified atom stereocenters. The van der Waals surface area contributed by atoms with Crippen LogP contribution in [-0.2, 0) is 11.3 Å². The zero-order chi connectivity index (χ0) is 16.7. The molecule has 0 radical (unpaired) electrons. The number of rotatable bonds is 7. The molecule has 0 bridgehead atoms. The molecule has 1 atom stereocenters.